The van der Waals surface area contributed by atoms with Crippen molar-refractivity contribution in [1.82, 2.24) is 0 Å². The van der Waals surface area contributed by atoms with E-state index in [1.54, 1.807) is 12.1 Å². The lowest BCUT2D eigenvalue weighted by Crippen LogP contribution is -2.50. The van der Waals surface area contributed by atoms with Crippen LogP contribution in [0.5, 0.6) is 0 Å². The summed E-state index contributed by atoms with van der Waals surface area (Å²) < 4.78 is 0. The van der Waals surface area contributed by atoms with Crippen molar-refractivity contribution < 1.29 is 14.4 Å². The second kappa shape index (κ2) is 7.69. The predicted molar refractivity (Wildman–Crippen MR) is 75.6 cm³/mol. The monoisotopic (exact) mass is 268 g/mol. The number of hydrogen-bond acceptors (Lipinski definition) is 3. The minimum atomic E-state index is -4.16. The van der Waals surface area contributed by atoms with Crippen LogP contribution in [0.2, 0.25) is 0 Å². The maximum absolute atomic E-state index is 9.39. The Hall–Kier alpha value is -0.683. The van der Waals surface area contributed by atoms with E-state index in [-0.39, 0.29) is 0 Å². The highest BCUT2D eigenvalue weighted by Crippen LogP contribution is 2.10. The lowest BCUT2D eigenvalue weighted by atomic mass is 10.1. The zero-order valence-electron chi connectivity index (χ0n) is 11.1. The van der Waals surface area contributed by atoms with Crippen molar-refractivity contribution in [2.24, 2.45) is 0 Å². The third-order valence-electron chi connectivity index (χ3n) is 3.18. The van der Waals surface area contributed by atoms with Gasteiger partial charge < -0.3 is 14.4 Å². The summed E-state index contributed by atoms with van der Waals surface area (Å²) >= 11 is 0. The molecule has 1 aromatic carbocycles. The van der Waals surface area contributed by atoms with Crippen LogP contribution in [-0.2, 0) is 6.42 Å². The van der Waals surface area contributed by atoms with Crippen LogP contribution in [0.15, 0.2) is 24.3 Å². The van der Waals surface area contributed by atoms with Crippen LogP contribution in [0.1, 0.15) is 51.0 Å². The van der Waals surface area contributed by atoms with Gasteiger partial charge >= 0.3 is 8.80 Å². The van der Waals surface area contributed by atoms with Gasteiger partial charge in [0.1, 0.15) is 0 Å². The molecule has 0 heterocycles. The fourth-order valence-corrected chi connectivity index (χ4v) is 3.12. The minimum absolute atomic E-state index is 0.332. The minimum Gasteiger partial charge on any atom is -0.386 e. The van der Waals surface area contributed by atoms with E-state index in [1.807, 2.05) is 12.1 Å². The average molecular weight is 268 g/mol. The van der Waals surface area contributed by atoms with Gasteiger partial charge in [0.05, 0.1) is 0 Å². The SMILES string of the molecule is CCCCCCCCc1ccccc1[Si](O)(O)O. The molecule has 0 fully saturated rings. The third-order valence-corrected chi connectivity index (χ3v) is 4.39. The van der Waals surface area contributed by atoms with Crippen molar-refractivity contribution in [2.75, 3.05) is 0 Å². The molecule has 0 saturated carbocycles. The largest absolute Gasteiger partial charge is 0.529 e. The van der Waals surface area contributed by atoms with Crippen LogP contribution in [0, 0.1) is 0 Å². The zero-order valence-corrected chi connectivity index (χ0v) is 12.1. The first-order chi connectivity index (χ1) is 8.55. The summed E-state index contributed by atoms with van der Waals surface area (Å²) in [5.41, 5.74) is 0.868. The van der Waals surface area contributed by atoms with Crippen LogP contribution in [0.25, 0.3) is 0 Å². The number of rotatable bonds is 8. The van der Waals surface area contributed by atoms with Crippen molar-refractivity contribution in [3.8, 4) is 0 Å². The second-order valence-electron chi connectivity index (χ2n) is 4.81. The lowest BCUT2D eigenvalue weighted by molar-refractivity contribution is 0.249. The smallest absolute Gasteiger partial charge is 0.386 e. The fraction of sp³-hybridized carbons (Fsp3) is 0.571. The van der Waals surface area contributed by atoms with Crippen molar-refractivity contribution in [2.45, 2.75) is 51.9 Å². The van der Waals surface area contributed by atoms with Crippen LogP contribution >= 0.6 is 0 Å². The molecule has 4 heteroatoms. The molecule has 0 radical (unpaired) electrons. The molecule has 0 unspecified atom stereocenters. The molecule has 102 valence electrons. The number of benzene rings is 1. The summed E-state index contributed by atoms with van der Waals surface area (Å²) in [5, 5.41) is 0.332. The van der Waals surface area contributed by atoms with E-state index in [0.29, 0.717) is 5.19 Å². The first-order valence-corrected chi connectivity index (χ1v) is 8.65. The van der Waals surface area contributed by atoms with Gasteiger partial charge in [0.15, 0.2) is 0 Å². The van der Waals surface area contributed by atoms with Crippen LogP contribution in [0.4, 0.5) is 0 Å². The molecule has 1 aromatic rings. The number of hydrogen-bond donors (Lipinski definition) is 3. The van der Waals surface area contributed by atoms with E-state index >= 15 is 0 Å². The zero-order chi connectivity index (χ0) is 13.4. The quantitative estimate of drug-likeness (QED) is 0.497. The summed E-state index contributed by atoms with van der Waals surface area (Å²) in [5.74, 6) is 0. The standard InChI is InChI=1S/C14H24O3Si/c1-2-3-4-5-6-7-10-13-11-8-9-12-14(13)18(15,16)17/h8-9,11-12,15-17H,2-7,10H2,1H3. The van der Waals surface area contributed by atoms with E-state index < -0.39 is 8.80 Å². The molecule has 0 atom stereocenters. The topological polar surface area (TPSA) is 60.7 Å². The molecule has 18 heavy (non-hydrogen) atoms. The van der Waals surface area contributed by atoms with Gasteiger partial charge in [0.25, 0.3) is 0 Å². The summed E-state index contributed by atoms with van der Waals surface area (Å²) in [6.07, 6.45) is 8.04. The summed E-state index contributed by atoms with van der Waals surface area (Å²) in [4.78, 5) is 28.2. The first kappa shape index (κ1) is 15.4. The summed E-state index contributed by atoms with van der Waals surface area (Å²) in [7, 11) is -4.16. The molecular formula is C14H24O3Si. The molecular weight excluding hydrogens is 244 g/mol. The summed E-state index contributed by atoms with van der Waals surface area (Å²) in [6, 6.07) is 7.07. The molecule has 0 bridgehead atoms. The van der Waals surface area contributed by atoms with E-state index in [1.165, 1.54) is 25.7 Å². The van der Waals surface area contributed by atoms with Gasteiger partial charge in [-0.1, -0.05) is 63.3 Å². The highest BCUT2D eigenvalue weighted by molar-refractivity contribution is 6.72. The number of aryl methyl sites for hydroxylation is 1. The van der Waals surface area contributed by atoms with Gasteiger partial charge in [-0.15, -0.1) is 0 Å². The van der Waals surface area contributed by atoms with E-state index in [9.17, 15) is 14.4 Å². The maximum Gasteiger partial charge on any atom is 0.529 e. The Morgan fingerprint density at radius 2 is 1.50 bits per heavy atom. The fourth-order valence-electron chi connectivity index (χ4n) is 2.16. The highest BCUT2D eigenvalue weighted by atomic mass is 28.4. The Kier molecular flexibility index (Phi) is 6.57. The Bertz CT molecular complexity index is 347. The van der Waals surface area contributed by atoms with Gasteiger partial charge in [0.2, 0.25) is 0 Å². The first-order valence-electron chi connectivity index (χ1n) is 6.81. The normalized spacial score (nSPS) is 11.8. The highest BCUT2D eigenvalue weighted by Gasteiger charge is 2.32. The molecule has 0 aliphatic carbocycles. The van der Waals surface area contributed by atoms with E-state index in [4.69, 9.17) is 0 Å². The molecule has 0 aromatic heterocycles. The van der Waals surface area contributed by atoms with Crippen LogP contribution in [0.3, 0.4) is 0 Å². The van der Waals surface area contributed by atoms with E-state index in [2.05, 4.69) is 6.92 Å². The van der Waals surface area contributed by atoms with Gasteiger partial charge in [-0.05, 0) is 18.4 Å². The Labute approximate surface area is 110 Å². The Morgan fingerprint density at radius 1 is 0.889 bits per heavy atom. The maximum atomic E-state index is 9.39. The van der Waals surface area contributed by atoms with Gasteiger partial charge in [-0.2, -0.15) is 0 Å². The van der Waals surface area contributed by atoms with Crippen molar-refractivity contribution >= 4 is 14.0 Å². The Balaban J connectivity index is 2.43. The van der Waals surface area contributed by atoms with Crippen LogP contribution in [-0.4, -0.2) is 23.2 Å². The Morgan fingerprint density at radius 3 is 2.17 bits per heavy atom. The predicted octanol–water partition coefficient (Wildman–Crippen LogP) is 1.71. The van der Waals surface area contributed by atoms with Crippen molar-refractivity contribution in [1.29, 1.82) is 0 Å². The van der Waals surface area contributed by atoms with Gasteiger partial charge in [-0.3, -0.25) is 0 Å². The third kappa shape index (κ3) is 5.31. The second-order valence-corrected chi connectivity index (χ2v) is 6.62. The molecule has 3 nitrogen and oxygen atoms in total. The molecule has 1 rings (SSSR count). The van der Waals surface area contributed by atoms with E-state index in [0.717, 1.165) is 24.8 Å². The molecule has 0 amide bonds. The number of unbranched alkanes of at least 4 members (excludes halogenated alkanes) is 5. The van der Waals surface area contributed by atoms with Crippen molar-refractivity contribution in [3.63, 3.8) is 0 Å². The molecule has 3 N–H and O–H groups in total. The molecule has 0 aliphatic heterocycles. The van der Waals surface area contributed by atoms with Gasteiger partial charge in [-0.25, -0.2) is 0 Å². The van der Waals surface area contributed by atoms with Gasteiger partial charge in [0, 0.05) is 5.19 Å². The average Bonchev–Trinajstić information content (AvgIpc) is 2.33. The molecule has 0 saturated heterocycles. The molecule has 0 aliphatic rings. The van der Waals surface area contributed by atoms with Crippen LogP contribution < -0.4 is 5.19 Å². The lowest BCUT2D eigenvalue weighted by Gasteiger charge is -2.14. The van der Waals surface area contributed by atoms with Crippen molar-refractivity contribution in [3.05, 3.63) is 29.8 Å². The molecule has 0 spiro atoms. The summed E-state index contributed by atoms with van der Waals surface area (Å²) in [6.45, 7) is 2.20.